The Kier molecular flexibility index (Phi) is 4.65. The van der Waals surface area contributed by atoms with Crippen molar-refractivity contribution in [2.75, 3.05) is 0 Å². The van der Waals surface area contributed by atoms with E-state index in [4.69, 9.17) is 5.11 Å². The van der Waals surface area contributed by atoms with E-state index in [1.165, 1.54) is 4.57 Å². The van der Waals surface area contributed by atoms with Gasteiger partial charge < -0.3 is 15.4 Å². The molecule has 118 valence electrons. The summed E-state index contributed by atoms with van der Waals surface area (Å²) < 4.78 is 1.29. The van der Waals surface area contributed by atoms with Crippen LogP contribution in [0.4, 0.5) is 0 Å². The van der Waals surface area contributed by atoms with Crippen molar-refractivity contribution < 1.29 is 14.7 Å². The SMILES string of the molecule is CC(C)C[C@H](NC(=O)Cn1c(=O)[nH]c2ccccc21)C(=O)O. The average molecular weight is 305 g/mol. The quantitative estimate of drug-likeness (QED) is 0.739. The van der Waals surface area contributed by atoms with Crippen LogP contribution >= 0.6 is 0 Å². The Balaban J connectivity index is 2.15. The van der Waals surface area contributed by atoms with Crippen molar-refractivity contribution in [3.63, 3.8) is 0 Å². The number of carboxylic acid groups (broad SMARTS) is 1. The molecule has 0 unspecified atom stereocenters. The van der Waals surface area contributed by atoms with Crippen molar-refractivity contribution in [3.05, 3.63) is 34.7 Å². The lowest BCUT2D eigenvalue weighted by molar-refractivity contribution is -0.142. The molecule has 1 atom stereocenters. The summed E-state index contributed by atoms with van der Waals surface area (Å²) in [4.78, 5) is 37.8. The first kappa shape index (κ1) is 15.8. The molecule has 1 aromatic carbocycles. The first-order valence-electron chi connectivity index (χ1n) is 7.08. The van der Waals surface area contributed by atoms with Crippen molar-refractivity contribution in [3.8, 4) is 0 Å². The normalized spacial score (nSPS) is 12.5. The summed E-state index contributed by atoms with van der Waals surface area (Å²) in [6.07, 6.45) is 0.337. The number of aromatic nitrogens is 2. The second kappa shape index (κ2) is 6.46. The van der Waals surface area contributed by atoms with Gasteiger partial charge in [0.1, 0.15) is 12.6 Å². The topological polar surface area (TPSA) is 104 Å². The number of H-pyrrole nitrogens is 1. The highest BCUT2D eigenvalue weighted by molar-refractivity contribution is 5.84. The predicted molar refractivity (Wildman–Crippen MR) is 81.6 cm³/mol. The van der Waals surface area contributed by atoms with E-state index >= 15 is 0 Å². The van der Waals surface area contributed by atoms with Crippen LogP contribution in [0.5, 0.6) is 0 Å². The van der Waals surface area contributed by atoms with Gasteiger partial charge in [0.25, 0.3) is 0 Å². The molecular weight excluding hydrogens is 286 g/mol. The monoisotopic (exact) mass is 305 g/mol. The van der Waals surface area contributed by atoms with Gasteiger partial charge in [0.2, 0.25) is 5.91 Å². The van der Waals surface area contributed by atoms with Crippen molar-refractivity contribution >= 4 is 22.9 Å². The zero-order chi connectivity index (χ0) is 16.3. The number of fused-ring (bicyclic) bond motifs is 1. The van der Waals surface area contributed by atoms with Gasteiger partial charge in [-0.2, -0.15) is 0 Å². The van der Waals surface area contributed by atoms with Crippen LogP contribution < -0.4 is 11.0 Å². The summed E-state index contributed by atoms with van der Waals surface area (Å²) in [6, 6.07) is 6.07. The second-order valence-electron chi connectivity index (χ2n) is 5.62. The van der Waals surface area contributed by atoms with Crippen molar-refractivity contribution in [2.45, 2.75) is 32.9 Å². The lowest BCUT2D eigenvalue weighted by atomic mass is 10.0. The molecule has 0 aliphatic rings. The summed E-state index contributed by atoms with van der Waals surface area (Å²) in [7, 11) is 0. The van der Waals surface area contributed by atoms with Crippen molar-refractivity contribution in [2.24, 2.45) is 5.92 Å². The number of aromatic amines is 1. The number of rotatable bonds is 6. The number of carbonyl (C=O) groups is 2. The predicted octanol–water partition coefficient (Wildman–Crippen LogP) is 0.945. The van der Waals surface area contributed by atoms with Gasteiger partial charge >= 0.3 is 11.7 Å². The molecule has 0 fully saturated rings. The number of carbonyl (C=O) groups excluding carboxylic acids is 1. The number of carboxylic acids is 1. The van der Waals surface area contributed by atoms with Gasteiger partial charge in [0.05, 0.1) is 11.0 Å². The summed E-state index contributed by atoms with van der Waals surface area (Å²) in [5.74, 6) is -1.44. The van der Waals surface area contributed by atoms with E-state index in [1.807, 2.05) is 13.8 Å². The number of aliphatic carboxylic acids is 1. The molecule has 2 rings (SSSR count). The number of amides is 1. The number of nitrogens with zero attached hydrogens (tertiary/aromatic N) is 1. The summed E-state index contributed by atoms with van der Waals surface area (Å²) in [6.45, 7) is 3.54. The van der Waals surface area contributed by atoms with Crippen LogP contribution in [0.3, 0.4) is 0 Å². The van der Waals surface area contributed by atoms with Gasteiger partial charge in [-0.3, -0.25) is 9.36 Å². The molecule has 22 heavy (non-hydrogen) atoms. The first-order chi connectivity index (χ1) is 10.4. The van der Waals surface area contributed by atoms with Gasteiger partial charge in [-0.05, 0) is 24.5 Å². The van der Waals surface area contributed by atoms with Crippen LogP contribution in [-0.2, 0) is 16.1 Å². The van der Waals surface area contributed by atoms with Crippen molar-refractivity contribution in [1.29, 1.82) is 0 Å². The van der Waals surface area contributed by atoms with Gasteiger partial charge in [-0.1, -0.05) is 26.0 Å². The third-order valence-corrected chi connectivity index (χ3v) is 3.32. The van der Waals surface area contributed by atoms with E-state index in [9.17, 15) is 14.4 Å². The Morgan fingerprint density at radius 3 is 2.64 bits per heavy atom. The standard InChI is InChI=1S/C15H19N3O4/c1-9(2)7-11(14(20)21)16-13(19)8-18-12-6-4-3-5-10(12)17-15(18)22/h3-6,9,11H,7-8H2,1-2H3,(H,16,19)(H,17,22)(H,20,21)/t11-/m0/s1. The largest absolute Gasteiger partial charge is 0.480 e. The van der Waals surface area contributed by atoms with Crippen molar-refractivity contribution in [1.82, 2.24) is 14.9 Å². The number of hydrogen-bond donors (Lipinski definition) is 3. The molecule has 0 spiro atoms. The molecule has 0 radical (unpaired) electrons. The Morgan fingerprint density at radius 2 is 2.00 bits per heavy atom. The Hall–Kier alpha value is -2.57. The van der Waals surface area contributed by atoms with E-state index in [-0.39, 0.29) is 12.5 Å². The lowest BCUT2D eigenvalue weighted by Gasteiger charge is -2.16. The molecule has 0 saturated carbocycles. The van der Waals surface area contributed by atoms with Crippen LogP contribution in [0, 0.1) is 5.92 Å². The zero-order valence-corrected chi connectivity index (χ0v) is 12.5. The summed E-state index contributed by atoms with van der Waals surface area (Å²) in [5, 5.41) is 11.6. The Bertz CT molecular complexity index is 745. The molecule has 1 aromatic heterocycles. The van der Waals surface area contributed by atoms with Crippen LogP contribution in [0.1, 0.15) is 20.3 Å². The van der Waals surface area contributed by atoms with Crippen LogP contribution in [0.15, 0.2) is 29.1 Å². The lowest BCUT2D eigenvalue weighted by Crippen LogP contribution is -2.43. The minimum Gasteiger partial charge on any atom is -0.480 e. The number of hydrogen-bond acceptors (Lipinski definition) is 3. The van der Waals surface area contributed by atoms with E-state index < -0.39 is 23.6 Å². The van der Waals surface area contributed by atoms with E-state index in [1.54, 1.807) is 24.3 Å². The van der Waals surface area contributed by atoms with Gasteiger partial charge in [0.15, 0.2) is 0 Å². The fourth-order valence-electron chi connectivity index (χ4n) is 2.34. The maximum Gasteiger partial charge on any atom is 0.326 e. The molecule has 1 amide bonds. The Labute approximate surface area is 127 Å². The molecule has 7 nitrogen and oxygen atoms in total. The molecule has 2 aromatic rings. The number of benzene rings is 1. The first-order valence-corrected chi connectivity index (χ1v) is 7.08. The second-order valence-corrected chi connectivity index (χ2v) is 5.62. The summed E-state index contributed by atoms with van der Waals surface area (Å²) >= 11 is 0. The number of imidazole rings is 1. The highest BCUT2D eigenvalue weighted by Crippen LogP contribution is 2.09. The van der Waals surface area contributed by atoms with Crippen LogP contribution in [0.2, 0.25) is 0 Å². The molecule has 3 N–H and O–H groups in total. The minimum absolute atomic E-state index is 0.136. The number of para-hydroxylation sites is 2. The maximum atomic E-state index is 12.1. The van der Waals surface area contributed by atoms with Crippen LogP contribution in [-0.4, -0.2) is 32.6 Å². The van der Waals surface area contributed by atoms with E-state index in [2.05, 4.69) is 10.3 Å². The minimum atomic E-state index is -1.08. The molecule has 0 bridgehead atoms. The molecular formula is C15H19N3O4. The third-order valence-electron chi connectivity index (χ3n) is 3.32. The maximum absolute atomic E-state index is 12.1. The molecule has 7 heteroatoms. The van der Waals surface area contributed by atoms with Gasteiger partial charge in [-0.25, -0.2) is 9.59 Å². The highest BCUT2D eigenvalue weighted by Gasteiger charge is 2.21. The average Bonchev–Trinajstić information content (AvgIpc) is 2.74. The summed E-state index contributed by atoms with van der Waals surface area (Å²) in [5.41, 5.74) is 0.850. The highest BCUT2D eigenvalue weighted by atomic mass is 16.4. The molecule has 0 aliphatic heterocycles. The van der Waals surface area contributed by atoms with Gasteiger partial charge in [0, 0.05) is 0 Å². The molecule has 0 saturated heterocycles. The Morgan fingerprint density at radius 1 is 1.32 bits per heavy atom. The zero-order valence-electron chi connectivity index (χ0n) is 12.5. The van der Waals surface area contributed by atoms with Crippen LogP contribution in [0.25, 0.3) is 11.0 Å². The molecule has 1 heterocycles. The van der Waals surface area contributed by atoms with E-state index in [0.717, 1.165) is 0 Å². The van der Waals surface area contributed by atoms with E-state index in [0.29, 0.717) is 17.5 Å². The fourth-order valence-corrected chi connectivity index (χ4v) is 2.34. The smallest absolute Gasteiger partial charge is 0.326 e. The molecule has 0 aliphatic carbocycles. The number of nitrogens with one attached hydrogen (secondary N) is 2. The third kappa shape index (κ3) is 3.55. The fraction of sp³-hybridized carbons (Fsp3) is 0.400. The van der Waals surface area contributed by atoms with Gasteiger partial charge in [-0.15, -0.1) is 0 Å².